The van der Waals surface area contributed by atoms with E-state index in [0.717, 1.165) is 30.3 Å². The molecule has 0 bridgehead atoms. The van der Waals surface area contributed by atoms with E-state index >= 15 is 0 Å². The fourth-order valence-corrected chi connectivity index (χ4v) is 6.68. The minimum atomic E-state index is -4.83. The minimum absolute atomic E-state index is 0.332. The van der Waals surface area contributed by atoms with Crippen LogP contribution < -0.4 is 5.32 Å². The lowest BCUT2D eigenvalue weighted by Gasteiger charge is -2.18. The normalized spacial score (nSPS) is 14.0. The Bertz CT molecular complexity index is 1250. The number of hydrogen-bond acceptors (Lipinski definition) is 5. The van der Waals surface area contributed by atoms with Crippen molar-refractivity contribution in [3.63, 3.8) is 0 Å². The molecule has 0 radical (unpaired) electrons. The lowest BCUT2D eigenvalue weighted by atomic mass is 10.1. The number of nitrogens with one attached hydrogen (secondary N) is 1. The SMILES string of the molecule is N#CCNC(=O)C(CS(=O)Cc1ccccc1C(F)(F)F)CS(=O)(=O)Cc1ccccc1C(F)(F)F. The monoisotopic (exact) mass is 554 g/mol. The van der Waals surface area contributed by atoms with Crippen LogP contribution in [0.15, 0.2) is 48.5 Å². The summed E-state index contributed by atoms with van der Waals surface area (Å²) in [7, 11) is -6.55. The van der Waals surface area contributed by atoms with Gasteiger partial charge in [-0.05, 0) is 23.3 Å². The van der Waals surface area contributed by atoms with Crippen LogP contribution in [0.1, 0.15) is 22.3 Å². The zero-order chi connectivity index (χ0) is 27.1. The highest BCUT2D eigenvalue weighted by atomic mass is 32.2. The molecule has 2 atom stereocenters. The number of amides is 1. The summed E-state index contributed by atoms with van der Waals surface area (Å²) in [6, 6.07) is 9.87. The van der Waals surface area contributed by atoms with Gasteiger partial charge in [0.15, 0.2) is 9.84 Å². The van der Waals surface area contributed by atoms with Crippen molar-refractivity contribution in [2.75, 3.05) is 18.1 Å². The zero-order valence-corrected chi connectivity index (χ0v) is 20.0. The summed E-state index contributed by atoms with van der Waals surface area (Å²) >= 11 is 0. The Balaban J connectivity index is 2.27. The van der Waals surface area contributed by atoms with Gasteiger partial charge in [0.25, 0.3) is 0 Å². The summed E-state index contributed by atoms with van der Waals surface area (Å²) in [4.78, 5) is 12.5. The van der Waals surface area contributed by atoms with Crippen LogP contribution in [-0.2, 0) is 49.3 Å². The Hall–Kier alpha value is -2.92. The highest BCUT2D eigenvalue weighted by Gasteiger charge is 2.36. The fraction of sp³-hybridized carbons (Fsp3) is 0.364. The van der Waals surface area contributed by atoms with Gasteiger partial charge in [0.2, 0.25) is 5.91 Å². The molecule has 6 nitrogen and oxygen atoms in total. The Labute approximate surface area is 205 Å². The van der Waals surface area contributed by atoms with Crippen LogP contribution in [0.5, 0.6) is 0 Å². The number of nitrogens with zero attached hydrogens (tertiary/aromatic N) is 1. The predicted octanol–water partition coefficient (Wildman–Crippen LogP) is 3.84. The van der Waals surface area contributed by atoms with E-state index in [1.807, 2.05) is 0 Å². The molecule has 2 aromatic rings. The Morgan fingerprint density at radius 2 is 1.44 bits per heavy atom. The van der Waals surface area contributed by atoms with Crippen molar-refractivity contribution in [3.05, 3.63) is 70.8 Å². The molecule has 0 aliphatic heterocycles. The molecular weight excluding hydrogens is 534 g/mol. The Morgan fingerprint density at radius 1 is 0.944 bits per heavy atom. The van der Waals surface area contributed by atoms with Crippen molar-refractivity contribution in [2.45, 2.75) is 23.9 Å². The van der Waals surface area contributed by atoms with E-state index in [-0.39, 0.29) is 5.56 Å². The van der Waals surface area contributed by atoms with Gasteiger partial charge >= 0.3 is 12.4 Å². The van der Waals surface area contributed by atoms with Gasteiger partial charge in [-0.15, -0.1) is 0 Å². The van der Waals surface area contributed by atoms with Gasteiger partial charge in [0.05, 0.1) is 34.6 Å². The van der Waals surface area contributed by atoms with E-state index < -0.39 is 91.1 Å². The molecule has 2 unspecified atom stereocenters. The molecule has 196 valence electrons. The van der Waals surface area contributed by atoms with E-state index in [1.165, 1.54) is 12.1 Å². The molecule has 36 heavy (non-hydrogen) atoms. The third kappa shape index (κ3) is 8.63. The number of sulfone groups is 1. The number of alkyl halides is 6. The number of hydrogen-bond donors (Lipinski definition) is 1. The van der Waals surface area contributed by atoms with Crippen LogP contribution >= 0.6 is 0 Å². The van der Waals surface area contributed by atoms with Crippen molar-refractivity contribution in [1.82, 2.24) is 5.32 Å². The molecule has 14 heteroatoms. The quantitative estimate of drug-likeness (QED) is 0.355. The van der Waals surface area contributed by atoms with E-state index in [1.54, 1.807) is 6.07 Å². The smallest absolute Gasteiger partial charge is 0.343 e. The number of nitriles is 1. The second-order valence-corrected chi connectivity index (χ2v) is 11.3. The summed E-state index contributed by atoms with van der Waals surface area (Å²) in [5, 5.41) is 10.8. The molecule has 0 aliphatic rings. The molecule has 1 amide bonds. The predicted molar refractivity (Wildman–Crippen MR) is 119 cm³/mol. The van der Waals surface area contributed by atoms with E-state index in [0.29, 0.717) is 6.07 Å². The average molecular weight is 555 g/mol. The molecule has 0 fully saturated rings. The molecule has 2 rings (SSSR count). The van der Waals surface area contributed by atoms with Gasteiger partial charge in [0, 0.05) is 22.3 Å². The number of rotatable bonds is 10. The maximum Gasteiger partial charge on any atom is 0.416 e. The average Bonchev–Trinajstić information content (AvgIpc) is 2.75. The number of halogens is 6. The summed E-state index contributed by atoms with van der Waals surface area (Å²) in [6.45, 7) is -0.532. The highest BCUT2D eigenvalue weighted by Crippen LogP contribution is 2.34. The second kappa shape index (κ2) is 11.9. The van der Waals surface area contributed by atoms with Crippen molar-refractivity contribution in [3.8, 4) is 6.07 Å². The van der Waals surface area contributed by atoms with Crippen LogP contribution in [0.3, 0.4) is 0 Å². The number of carbonyl (C=O) groups is 1. The third-order valence-corrected chi connectivity index (χ3v) is 7.96. The van der Waals surface area contributed by atoms with Crippen molar-refractivity contribution in [1.29, 1.82) is 5.26 Å². The van der Waals surface area contributed by atoms with Crippen LogP contribution in [0.4, 0.5) is 26.3 Å². The summed E-state index contributed by atoms with van der Waals surface area (Å²) in [5.41, 5.74) is -3.10. The van der Waals surface area contributed by atoms with Crippen molar-refractivity contribution >= 4 is 26.5 Å². The Morgan fingerprint density at radius 3 is 1.97 bits per heavy atom. The lowest BCUT2D eigenvalue weighted by Crippen LogP contribution is -2.38. The first-order valence-corrected chi connectivity index (χ1v) is 13.4. The van der Waals surface area contributed by atoms with E-state index in [9.17, 15) is 43.8 Å². The second-order valence-electron chi connectivity index (χ2n) is 7.69. The molecule has 2 aromatic carbocycles. The maximum absolute atomic E-state index is 13.2. The van der Waals surface area contributed by atoms with Crippen molar-refractivity contribution < 1.29 is 43.8 Å². The molecule has 0 spiro atoms. The molecule has 0 saturated heterocycles. The highest BCUT2D eigenvalue weighted by molar-refractivity contribution is 7.90. The third-order valence-electron chi connectivity index (χ3n) is 4.89. The van der Waals surface area contributed by atoms with Gasteiger partial charge in [0.1, 0.15) is 6.54 Å². The number of benzene rings is 2. The van der Waals surface area contributed by atoms with Crippen molar-refractivity contribution in [2.24, 2.45) is 5.92 Å². The topological polar surface area (TPSA) is 104 Å². The van der Waals surface area contributed by atoms with Gasteiger partial charge in [-0.25, -0.2) is 8.42 Å². The first-order valence-electron chi connectivity index (χ1n) is 10.1. The van der Waals surface area contributed by atoms with Crippen LogP contribution in [-0.4, -0.2) is 36.6 Å². The van der Waals surface area contributed by atoms with Gasteiger partial charge in [-0.2, -0.15) is 31.6 Å². The first kappa shape index (κ1) is 29.3. The molecule has 0 aliphatic carbocycles. The summed E-state index contributed by atoms with van der Waals surface area (Å²) in [5.74, 6) is -6.03. The van der Waals surface area contributed by atoms with Crippen LogP contribution in [0.2, 0.25) is 0 Å². The molecule has 0 aromatic heterocycles. The van der Waals surface area contributed by atoms with Crippen LogP contribution in [0, 0.1) is 17.2 Å². The standard InChI is InChI=1S/C22H20F6N2O4S2/c23-21(24,25)18-7-3-1-5-15(18)11-35(32)12-17(20(31)30-10-9-29)14-36(33,34)13-16-6-2-4-8-19(16)22(26,27)28/h1-8,17H,10-14H2,(H,30,31). The maximum atomic E-state index is 13.2. The minimum Gasteiger partial charge on any atom is -0.343 e. The molecule has 0 heterocycles. The largest absolute Gasteiger partial charge is 0.416 e. The fourth-order valence-electron chi connectivity index (χ4n) is 3.38. The zero-order valence-electron chi connectivity index (χ0n) is 18.4. The van der Waals surface area contributed by atoms with E-state index in [2.05, 4.69) is 5.32 Å². The first-order chi connectivity index (χ1) is 16.6. The number of carbonyl (C=O) groups excluding carboxylic acids is 1. The lowest BCUT2D eigenvalue weighted by molar-refractivity contribution is -0.138. The van der Waals surface area contributed by atoms with Gasteiger partial charge in [-0.1, -0.05) is 36.4 Å². The molecule has 0 saturated carbocycles. The van der Waals surface area contributed by atoms with E-state index in [4.69, 9.17) is 5.26 Å². The Kier molecular flexibility index (Phi) is 9.67. The summed E-state index contributed by atoms with van der Waals surface area (Å²) in [6.07, 6.45) is -9.57. The molecule has 1 N–H and O–H groups in total. The van der Waals surface area contributed by atoms with Gasteiger partial charge in [-0.3, -0.25) is 9.00 Å². The van der Waals surface area contributed by atoms with Gasteiger partial charge < -0.3 is 5.32 Å². The van der Waals surface area contributed by atoms with Crippen LogP contribution in [0.25, 0.3) is 0 Å². The molecular formula is C22H20F6N2O4S2. The summed E-state index contributed by atoms with van der Waals surface area (Å²) < 4.78 is 118.